The van der Waals surface area contributed by atoms with Gasteiger partial charge in [0, 0.05) is 11.3 Å². The van der Waals surface area contributed by atoms with Crippen LogP contribution in [0.5, 0.6) is 11.5 Å². The van der Waals surface area contributed by atoms with Crippen LogP contribution in [0.15, 0.2) is 96.6 Å². The number of ether oxygens (including phenoxy) is 2. The van der Waals surface area contributed by atoms with E-state index in [1.165, 1.54) is 5.39 Å². The lowest BCUT2D eigenvalue weighted by Gasteiger charge is -2.11. The first-order valence-electron chi connectivity index (χ1n) is 11.0. The Labute approximate surface area is 198 Å². The van der Waals surface area contributed by atoms with Gasteiger partial charge in [-0.1, -0.05) is 54.6 Å². The fraction of sp³-hybridized carbons (Fsp3) is 0.103. The largest absolute Gasteiger partial charge is 0.494 e. The maximum absolute atomic E-state index is 12.7. The summed E-state index contributed by atoms with van der Waals surface area (Å²) < 4.78 is 11.5. The van der Waals surface area contributed by atoms with Crippen molar-refractivity contribution in [2.24, 2.45) is 0 Å². The molecule has 0 radical (unpaired) electrons. The second kappa shape index (κ2) is 10.8. The molecule has 4 aromatic carbocycles. The molecule has 0 saturated carbocycles. The summed E-state index contributed by atoms with van der Waals surface area (Å²) in [7, 11) is 0. The van der Waals surface area contributed by atoms with Crippen LogP contribution in [0, 0.1) is 11.3 Å². The molecule has 34 heavy (non-hydrogen) atoms. The van der Waals surface area contributed by atoms with E-state index in [0.29, 0.717) is 36.0 Å². The third kappa shape index (κ3) is 5.62. The molecule has 5 heteroatoms. The van der Waals surface area contributed by atoms with Gasteiger partial charge in [0.1, 0.15) is 29.7 Å². The molecule has 0 aliphatic heterocycles. The number of fused-ring (bicyclic) bond motifs is 1. The van der Waals surface area contributed by atoms with Crippen molar-refractivity contribution in [3.05, 3.63) is 108 Å². The quantitative estimate of drug-likeness (QED) is 0.251. The molecule has 0 atom stereocenters. The van der Waals surface area contributed by atoms with Crippen molar-refractivity contribution >= 4 is 28.4 Å². The molecule has 1 N–H and O–H groups in total. The first-order valence-corrected chi connectivity index (χ1v) is 11.0. The van der Waals surface area contributed by atoms with Gasteiger partial charge in [-0.3, -0.25) is 4.79 Å². The topological polar surface area (TPSA) is 71.3 Å². The molecule has 0 saturated heterocycles. The van der Waals surface area contributed by atoms with E-state index in [4.69, 9.17) is 9.47 Å². The SMILES string of the molecule is CCOc1ccc(NC(=O)/C(C#N)=C/c2ccccc2OCc2ccc3ccccc3c2)cc1. The molecule has 5 nitrogen and oxygen atoms in total. The normalized spacial score (nSPS) is 11.0. The van der Waals surface area contributed by atoms with Gasteiger partial charge in [0.2, 0.25) is 0 Å². The van der Waals surface area contributed by atoms with Crippen LogP contribution in [-0.2, 0) is 11.4 Å². The molecule has 4 aromatic rings. The monoisotopic (exact) mass is 448 g/mol. The van der Waals surface area contributed by atoms with Crippen molar-refractivity contribution in [1.29, 1.82) is 5.26 Å². The number of rotatable bonds is 8. The van der Waals surface area contributed by atoms with Crippen molar-refractivity contribution < 1.29 is 14.3 Å². The summed E-state index contributed by atoms with van der Waals surface area (Å²) in [5.74, 6) is 0.822. The zero-order chi connectivity index (χ0) is 23.8. The highest BCUT2D eigenvalue weighted by molar-refractivity contribution is 6.09. The summed E-state index contributed by atoms with van der Waals surface area (Å²) in [5.41, 5.74) is 2.25. The number of nitriles is 1. The summed E-state index contributed by atoms with van der Waals surface area (Å²) >= 11 is 0. The molecule has 0 aliphatic carbocycles. The van der Waals surface area contributed by atoms with E-state index in [9.17, 15) is 10.1 Å². The van der Waals surface area contributed by atoms with Crippen LogP contribution in [0.25, 0.3) is 16.8 Å². The van der Waals surface area contributed by atoms with Crippen molar-refractivity contribution in [2.45, 2.75) is 13.5 Å². The molecule has 168 valence electrons. The number of carbonyl (C=O) groups is 1. The molecular formula is C29H24N2O3. The van der Waals surface area contributed by atoms with Crippen molar-refractivity contribution in [2.75, 3.05) is 11.9 Å². The minimum atomic E-state index is -0.490. The molecule has 0 aliphatic rings. The van der Waals surface area contributed by atoms with Crippen LogP contribution in [0.1, 0.15) is 18.1 Å². The van der Waals surface area contributed by atoms with E-state index in [-0.39, 0.29) is 5.57 Å². The van der Waals surface area contributed by atoms with Gasteiger partial charge in [-0.05, 0) is 65.7 Å². The summed E-state index contributed by atoms with van der Waals surface area (Å²) in [5, 5.41) is 14.7. The number of benzene rings is 4. The molecule has 0 unspecified atom stereocenters. The molecule has 4 rings (SSSR count). The van der Waals surface area contributed by atoms with Gasteiger partial charge < -0.3 is 14.8 Å². The second-order valence-electron chi connectivity index (χ2n) is 7.59. The maximum atomic E-state index is 12.7. The average Bonchev–Trinajstić information content (AvgIpc) is 2.87. The molecule has 1 amide bonds. The van der Waals surface area contributed by atoms with Gasteiger partial charge in [-0.2, -0.15) is 5.26 Å². The Morgan fingerprint density at radius 2 is 1.65 bits per heavy atom. The van der Waals surface area contributed by atoms with Crippen molar-refractivity contribution in [3.63, 3.8) is 0 Å². The Morgan fingerprint density at radius 1 is 0.912 bits per heavy atom. The van der Waals surface area contributed by atoms with Crippen molar-refractivity contribution in [3.8, 4) is 17.6 Å². The smallest absolute Gasteiger partial charge is 0.266 e. The third-order valence-corrected chi connectivity index (χ3v) is 5.22. The molecule has 0 bridgehead atoms. The number of nitrogens with zero attached hydrogens (tertiary/aromatic N) is 1. The zero-order valence-electron chi connectivity index (χ0n) is 18.8. The Bertz CT molecular complexity index is 1370. The van der Waals surface area contributed by atoms with Gasteiger partial charge in [-0.25, -0.2) is 0 Å². The van der Waals surface area contributed by atoms with Crippen LogP contribution in [0.2, 0.25) is 0 Å². The standard InChI is InChI=1S/C29H24N2O3/c1-2-33-27-15-13-26(14-16-27)31-29(32)25(19-30)18-24-9-5-6-10-28(24)34-20-21-11-12-22-7-3-4-8-23(22)17-21/h3-18H,2,20H2,1H3,(H,31,32)/b25-18+. The molecule has 0 fully saturated rings. The molecule has 0 heterocycles. The number of para-hydroxylation sites is 1. The van der Waals surface area contributed by atoms with Gasteiger partial charge in [0.15, 0.2) is 0 Å². The Hall–Kier alpha value is -4.56. The fourth-order valence-electron chi connectivity index (χ4n) is 3.52. The Balaban J connectivity index is 1.48. The van der Waals surface area contributed by atoms with Gasteiger partial charge >= 0.3 is 0 Å². The number of hydrogen-bond acceptors (Lipinski definition) is 4. The van der Waals surface area contributed by atoms with Crippen LogP contribution < -0.4 is 14.8 Å². The number of carbonyl (C=O) groups excluding carboxylic acids is 1. The van der Waals surface area contributed by atoms with Gasteiger partial charge in [0.05, 0.1) is 6.61 Å². The van der Waals surface area contributed by atoms with Crippen LogP contribution in [-0.4, -0.2) is 12.5 Å². The van der Waals surface area contributed by atoms with E-state index in [2.05, 4.69) is 29.6 Å². The minimum Gasteiger partial charge on any atom is -0.494 e. The average molecular weight is 449 g/mol. The van der Waals surface area contributed by atoms with Gasteiger partial charge in [-0.15, -0.1) is 0 Å². The predicted octanol–water partition coefficient (Wildman–Crippen LogP) is 6.36. The van der Waals surface area contributed by atoms with E-state index in [0.717, 1.165) is 10.9 Å². The molecule has 0 aromatic heterocycles. The fourth-order valence-corrected chi connectivity index (χ4v) is 3.52. The summed E-state index contributed by atoms with van der Waals surface area (Å²) in [4.78, 5) is 12.7. The Morgan fingerprint density at radius 3 is 2.41 bits per heavy atom. The summed E-state index contributed by atoms with van der Waals surface area (Å²) in [6, 6.07) is 30.7. The highest BCUT2D eigenvalue weighted by Crippen LogP contribution is 2.24. The lowest BCUT2D eigenvalue weighted by Crippen LogP contribution is -2.13. The lowest BCUT2D eigenvalue weighted by molar-refractivity contribution is -0.112. The van der Waals surface area contributed by atoms with E-state index >= 15 is 0 Å². The highest BCUT2D eigenvalue weighted by atomic mass is 16.5. The van der Waals surface area contributed by atoms with E-state index in [1.54, 1.807) is 30.3 Å². The van der Waals surface area contributed by atoms with E-state index in [1.807, 2.05) is 55.5 Å². The van der Waals surface area contributed by atoms with Crippen LogP contribution in [0.4, 0.5) is 5.69 Å². The van der Waals surface area contributed by atoms with Crippen molar-refractivity contribution in [1.82, 2.24) is 0 Å². The first-order chi connectivity index (χ1) is 16.7. The van der Waals surface area contributed by atoms with Gasteiger partial charge in [0.25, 0.3) is 5.91 Å². The molecular weight excluding hydrogens is 424 g/mol. The number of nitrogens with one attached hydrogen (secondary N) is 1. The first kappa shape index (κ1) is 22.6. The number of anilines is 1. The minimum absolute atomic E-state index is 0.0179. The molecule has 0 spiro atoms. The highest BCUT2D eigenvalue weighted by Gasteiger charge is 2.12. The van der Waals surface area contributed by atoms with E-state index < -0.39 is 5.91 Å². The van der Waals surface area contributed by atoms with Crippen LogP contribution >= 0.6 is 0 Å². The lowest BCUT2D eigenvalue weighted by atomic mass is 10.1. The number of hydrogen-bond donors (Lipinski definition) is 1. The maximum Gasteiger partial charge on any atom is 0.266 e. The predicted molar refractivity (Wildman–Crippen MR) is 135 cm³/mol. The second-order valence-corrected chi connectivity index (χ2v) is 7.59. The number of amides is 1. The zero-order valence-corrected chi connectivity index (χ0v) is 18.8. The third-order valence-electron chi connectivity index (χ3n) is 5.22. The van der Waals surface area contributed by atoms with Crippen LogP contribution in [0.3, 0.4) is 0 Å². The summed E-state index contributed by atoms with van der Waals surface area (Å²) in [6.45, 7) is 2.84. The summed E-state index contributed by atoms with van der Waals surface area (Å²) in [6.07, 6.45) is 1.54. The Kier molecular flexibility index (Phi) is 7.22.